The Morgan fingerprint density at radius 2 is 0.369 bits per heavy atom. The third-order valence-corrected chi connectivity index (χ3v) is 14.7. The summed E-state index contributed by atoms with van der Waals surface area (Å²) < 4.78 is 0. The van der Waals surface area contributed by atoms with Crippen molar-refractivity contribution in [3.8, 4) is 81.2 Å². The molecule has 402 valence electrons. The van der Waals surface area contributed by atoms with Crippen LogP contribution in [0.1, 0.15) is 22.3 Å². The highest BCUT2D eigenvalue weighted by Crippen LogP contribution is 2.35. The second-order valence-electron chi connectivity index (χ2n) is 19.8. The van der Waals surface area contributed by atoms with Crippen molar-refractivity contribution in [3.05, 3.63) is 241 Å². The Morgan fingerprint density at radius 3 is 0.548 bits per heavy atom. The molecular weight excluding hydrogens is 1040 g/mol. The maximum atomic E-state index is 9.35. The molecule has 15 nitrogen and oxygen atoms in total. The van der Waals surface area contributed by atoms with Crippen LogP contribution in [0.2, 0.25) is 0 Å². The van der Waals surface area contributed by atoms with Gasteiger partial charge in [-0.25, -0.2) is 19.9 Å². The molecule has 0 unspecified atom stereocenters. The van der Waals surface area contributed by atoms with Gasteiger partial charge in [0, 0.05) is 114 Å². The number of rotatable bonds is 15. The quantitative estimate of drug-likeness (QED) is 0.0942. The summed E-state index contributed by atoms with van der Waals surface area (Å²) in [5.41, 5.74) is 14.7. The molecule has 11 rings (SSSR count). The van der Waals surface area contributed by atoms with E-state index in [9.17, 15) is 21.0 Å². The fourth-order valence-electron chi connectivity index (χ4n) is 9.46. The Labute approximate surface area is 487 Å². The van der Waals surface area contributed by atoms with Gasteiger partial charge in [-0.15, -0.1) is 0 Å². The summed E-state index contributed by atoms with van der Waals surface area (Å²) >= 11 is 0. The molecule has 0 saturated heterocycles. The summed E-state index contributed by atoms with van der Waals surface area (Å²) in [7, 11) is 9.85. The van der Waals surface area contributed by atoms with E-state index >= 15 is 0 Å². The van der Waals surface area contributed by atoms with Crippen LogP contribution < -0.4 is 24.5 Å². The van der Waals surface area contributed by atoms with E-state index in [0.29, 0.717) is 57.3 Å². The van der Waals surface area contributed by atoms with Crippen LogP contribution in [-0.4, -0.2) is 65.1 Å². The minimum absolute atomic E-state index is 0.423. The van der Waals surface area contributed by atoms with Crippen LogP contribution in [0.5, 0.6) is 0 Å². The molecule has 84 heavy (non-hydrogen) atoms. The second kappa shape index (κ2) is 23.7. The van der Waals surface area contributed by atoms with Crippen LogP contribution in [0.25, 0.3) is 56.9 Å². The first-order chi connectivity index (χ1) is 40.9. The third-order valence-electron chi connectivity index (χ3n) is 14.7. The molecule has 0 N–H and O–H groups in total. The van der Waals surface area contributed by atoms with Crippen molar-refractivity contribution in [3.63, 3.8) is 0 Å². The molecule has 0 amide bonds. The highest BCUT2D eigenvalue weighted by Gasteiger charge is 2.19. The largest absolute Gasteiger partial charge is 0.345 e. The van der Waals surface area contributed by atoms with Crippen LogP contribution in [0, 0.1) is 45.3 Å². The van der Waals surface area contributed by atoms with Gasteiger partial charge < -0.3 is 24.5 Å². The molecule has 9 aromatic carbocycles. The monoisotopic (exact) mass is 1090 g/mol. The van der Waals surface area contributed by atoms with Crippen molar-refractivity contribution >= 4 is 57.1 Å². The van der Waals surface area contributed by atoms with Crippen molar-refractivity contribution < 1.29 is 0 Å². The van der Waals surface area contributed by atoms with Crippen LogP contribution in [0.4, 0.5) is 57.1 Å². The van der Waals surface area contributed by atoms with E-state index < -0.39 is 0 Å². The van der Waals surface area contributed by atoms with Gasteiger partial charge in [0.05, 0.1) is 46.5 Å². The smallest absolute Gasteiger partial charge is 0.233 e. The maximum absolute atomic E-state index is 9.35. The Bertz CT molecular complexity index is 4070. The van der Waals surface area contributed by atoms with Crippen molar-refractivity contribution in [1.82, 2.24) is 29.9 Å². The van der Waals surface area contributed by atoms with Crippen LogP contribution >= 0.6 is 0 Å². The SMILES string of the molecule is CN(c1ccc(C#N)cc1)c1ccc(-c2nc(-c3ccc(N(C)c4ccc(C#N)cc4)cc3)nc(-c3ccc(N(C)c4nc(-c5ccc(N(C)c6ccc(C#N)cc6)cc5)nc(-c5ccc(N(C)c6ccc(C#N)cc6)cc5)n4)cc3)n2)cc1. The summed E-state index contributed by atoms with van der Waals surface area (Å²) in [5, 5.41) is 37.4. The van der Waals surface area contributed by atoms with Gasteiger partial charge in [0.2, 0.25) is 5.95 Å². The van der Waals surface area contributed by atoms with E-state index in [1.165, 1.54) is 0 Å². The van der Waals surface area contributed by atoms with Crippen molar-refractivity contribution in [2.45, 2.75) is 0 Å². The normalized spacial score (nSPS) is 10.6. The van der Waals surface area contributed by atoms with Crippen LogP contribution in [0.3, 0.4) is 0 Å². The van der Waals surface area contributed by atoms with E-state index in [0.717, 1.165) is 79.0 Å². The molecule has 0 atom stereocenters. The topological polar surface area (TPSA) is 189 Å². The molecule has 0 bridgehead atoms. The Kier molecular flexibility index (Phi) is 15.2. The van der Waals surface area contributed by atoms with Crippen molar-refractivity contribution in [2.24, 2.45) is 0 Å². The lowest BCUT2D eigenvalue weighted by atomic mass is 10.1. The lowest BCUT2D eigenvalue weighted by molar-refractivity contribution is 0.998. The highest BCUT2D eigenvalue weighted by atomic mass is 15.3. The maximum Gasteiger partial charge on any atom is 0.233 e. The summed E-state index contributed by atoms with van der Waals surface area (Å²) in [6.45, 7) is 0. The van der Waals surface area contributed by atoms with E-state index in [1.54, 1.807) is 48.5 Å². The molecule has 0 saturated carbocycles. The number of nitriles is 4. The molecule has 2 heterocycles. The number of benzene rings is 9. The minimum atomic E-state index is 0.423. The van der Waals surface area contributed by atoms with Gasteiger partial charge in [-0.05, 0) is 218 Å². The molecule has 0 fully saturated rings. The molecule has 11 aromatic rings. The minimum Gasteiger partial charge on any atom is -0.345 e. The summed E-state index contributed by atoms with van der Waals surface area (Å²) in [6.07, 6.45) is 0. The van der Waals surface area contributed by atoms with Gasteiger partial charge in [-0.1, -0.05) is 0 Å². The first-order valence-electron chi connectivity index (χ1n) is 26.7. The number of hydrogen-bond donors (Lipinski definition) is 0. The van der Waals surface area contributed by atoms with Crippen molar-refractivity contribution in [1.29, 1.82) is 21.0 Å². The van der Waals surface area contributed by atoms with E-state index in [2.05, 4.69) is 43.9 Å². The first-order valence-corrected chi connectivity index (χ1v) is 26.7. The number of aromatic nitrogens is 6. The van der Waals surface area contributed by atoms with Gasteiger partial charge >= 0.3 is 0 Å². The van der Waals surface area contributed by atoms with Crippen LogP contribution in [-0.2, 0) is 0 Å². The molecule has 0 aliphatic rings. The number of hydrogen-bond acceptors (Lipinski definition) is 15. The lowest BCUT2D eigenvalue weighted by Crippen LogP contribution is -2.15. The van der Waals surface area contributed by atoms with Gasteiger partial charge in [0.1, 0.15) is 0 Å². The van der Waals surface area contributed by atoms with Crippen LogP contribution in [0.15, 0.2) is 218 Å². The number of anilines is 10. The highest BCUT2D eigenvalue weighted by molar-refractivity contribution is 5.75. The molecule has 0 spiro atoms. The molecule has 0 aliphatic carbocycles. The van der Waals surface area contributed by atoms with Gasteiger partial charge in [-0.2, -0.15) is 31.0 Å². The fraction of sp³-hybridized carbons (Fsp3) is 0.0725. The first kappa shape index (κ1) is 53.9. The Balaban J connectivity index is 0.922. The molecule has 2 aromatic heterocycles. The fourth-order valence-corrected chi connectivity index (χ4v) is 9.46. The van der Waals surface area contributed by atoms with Crippen molar-refractivity contribution in [2.75, 3.05) is 59.7 Å². The predicted molar refractivity (Wildman–Crippen MR) is 332 cm³/mol. The summed E-state index contributed by atoms with van der Waals surface area (Å²) in [5.74, 6) is 2.86. The molecule has 0 radical (unpaired) electrons. The second-order valence-corrected chi connectivity index (χ2v) is 19.8. The van der Waals surface area contributed by atoms with E-state index in [4.69, 9.17) is 29.9 Å². The predicted octanol–water partition coefficient (Wildman–Crippen LogP) is 14.7. The Morgan fingerprint density at radius 1 is 0.214 bits per heavy atom. The zero-order valence-electron chi connectivity index (χ0n) is 46.5. The standard InChI is InChI=1S/C69H51N15/c1-80(55-24-6-46(42-70)7-25-55)59-32-14-50(15-33-59)64-74-65(51-16-34-60(35-17-51)81(2)56-26-8-47(43-71)9-27-56)76-66(75-64)52-22-40-63(41-23-52)84(5)69-78-67(53-18-36-61(37-19-53)82(3)57-28-10-48(44-72)11-29-57)77-68(79-69)54-20-38-62(39-21-54)83(4)58-30-12-49(45-73)13-31-58/h6-41H,1-5H3. The molecular formula is C69H51N15. The molecule has 0 aliphatic heterocycles. The number of nitrogens with zero attached hydrogens (tertiary/aromatic N) is 15. The summed E-state index contributed by atoms with van der Waals surface area (Å²) in [6, 6.07) is 78.6. The summed E-state index contributed by atoms with van der Waals surface area (Å²) in [4.78, 5) is 40.6. The van der Waals surface area contributed by atoms with Gasteiger partial charge in [0.15, 0.2) is 29.1 Å². The van der Waals surface area contributed by atoms with Gasteiger partial charge in [0.25, 0.3) is 0 Å². The average Bonchev–Trinajstić information content (AvgIpc) is 2.99. The lowest BCUT2D eigenvalue weighted by Gasteiger charge is -2.21. The zero-order valence-corrected chi connectivity index (χ0v) is 46.5. The molecule has 15 heteroatoms. The third kappa shape index (κ3) is 11.5. The van der Waals surface area contributed by atoms with E-state index in [1.807, 2.05) is 210 Å². The zero-order chi connectivity index (χ0) is 58.3. The van der Waals surface area contributed by atoms with Gasteiger partial charge in [-0.3, -0.25) is 0 Å². The Hall–Kier alpha value is -12.0. The average molecular weight is 1090 g/mol. The van der Waals surface area contributed by atoms with E-state index in [-0.39, 0.29) is 0 Å².